The highest BCUT2D eigenvalue weighted by molar-refractivity contribution is 7.89. The number of carbonyl (C=O) groups is 1. The summed E-state index contributed by atoms with van der Waals surface area (Å²) in [4.78, 5) is 14.9. The second-order valence-electron chi connectivity index (χ2n) is 6.86. The van der Waals surface area contributed by atoms with Gasteiger partial charge in [0.1, 0.15) is 5.75 Å². The van der Waals surface area contributed by atoms with E-state index < -0.39 is 18.0 Å². The van der Waals surface area contributed by atoms with Crippen LogP contribution in [0, 0.1) is 5.92 Å². The lowest BCUT2D eigenvalue weighted by molar-refractivity contribution is -0.134. The van der Waals surface area contributed by atoms with E-state index in [1.165, 1.54) is 24.3 Å². The van der Waals surface area contributed by atoms with Crippen LogP contribution in [0.1, 0.15) is 6.42 Å². The summed E-state index contributed by atoms with van der Waals surface area (Å²) >= 11 is -1.39. The number of alkyl halides is 2. The van der Waals surface area contributed by atoms with Crippen molar-refractivity contribution in [1.29, 1.82) is 0 Å². The standard InChI is InChI=1S/C18H20F2N2O4S/c19-18(20)26-15-1-3-16(4-2-15)27(24)22-9-13-7-21(8-14(13)10-22)17(23)12-5-6-25-11-12/h1-4,12,18H,5-11H2. The Hall–Kier alpha value is -1.68. The number of hydrogen-bond donors (Lipinski definition) is 0. The summed E-state index contributed by atoms with van der Waals surface area (Å²) in [6.45, 7) is 0.518. The highest BCUT2D eigenvalue weighted by Gasteiger charge is 2.39. The molecule has 6 nitrogen and oxygen atoms in total. The van der Waals surface area contributed by atoms with Gasteiger partial charge in [-0.05, 0) is 41.8 Å². The predicted molar refractivity (Wildman–Crippen MR) is 93.6 cm³/mol. The molecule has 4 rings (SSSR count). The molecule has 3 aliphatic rings. The van der Waals surface area contributed by atoms with Gasteiger partial charge in [-0.15, -0.1) is 4.31 Å². The average molecular weight is 398 g/mol. The van der Waals surface area contributed by atoms with E-state index in [1.807, 2.05) is 9.21 Å². The maximum absolute atomic E-state index is 12.8. The van der Waals surface area contributed by atoms with E-state index in [4.69, 9.17) is 4.74 Å². The Labute approximate surface area is 159 Å². The smallest absolute Gasteiger partial charge is 0.387 e. The van der Waals surface area contributed by atoms with Gasteiger partial charge in [-0.25, -0.2) is 0 Å². The molecule has 0 aromatic heterocycles. The Kier molecular flexibility index (Phi) is 5.36. The maximum Gasteiger partial charge on any atom is 0.387 e. The van der Waals surface area contributed by atoms with Gasteiger partial charge in [0, 0.05) is 19.7 Å². The molecule has 27 heavy (non-hydrogen) atoms. The van der Waals surface area contributed by atoms with Gasteiger partial charge < -0.3 is 18.9 Å². The third-order valence-electron chi connectivity index (χ3n) is 5.07. The number of carbonyl (C=O) groups excluding carboxylic acids is 1. The number of rotatable bonds is 5. The molecule has 1 aromatic carbocycles. The van der Waals surface area contributed by atoms with Crippen LogP contribution in [0.15, 0.2) is 40.3 Å². The van der Waals surface area contributed by atoms with Gasteiger partial charge in [-0.2, -0.15) is 8.78 Å². The molecule has 0 radical (unpaired) electrons. The minimum atomic E-state index is -2.88. The largest absolute Gasteiger partial charge is 0.593 e. The normalized spacial score (nSPS) is 24.0. The number of nitrogens with zero attached hydrogens (tertiary/aromatic N) is 2. The summed E-state index contributed by atoms with van der Waals surface area (Å²) in [6, 6.07) is 5.85. The molecule has 1 aromatic rings. The van der Waals surface area contributed by atoms with Crippen molar-refractivity contribution >= 4 is 17.3 Å². The molecule has 0 aliphatic carbocycles. The first-order valence-corrected chi connectivity index (χ1v) is 9.90. The fourth-order valence-corrected chi connectivity index (χ4v) is 4.91. The highest BCUT2D eigenvalue weighted by atomic mass is 32.2. The van der Waals surface area contributed by atoms with Gasteiger partial charge in [0.2, 0.25) is 5.91 Å². The molecule has 1 saturated heterocycles. The Morgan fingerprint density at radius 3 is 2.41 bits per heavy atom. The van der Waals surface area contributed by atoms with Gasteiger partial charge in [0.25, 0.3) is 0 Å². The third-order valence-corrected chi connectivity index (χ3v) is 6.48. The Morgan fingerprint density at radius 2 is 1.85 bits per heavy atom. The van der Waals surface area contributed by atoms with E-state index in [0.717, 1.165) is 17.6 Å². The Bertz CT molecular complexity index is 719. The molecule has 0 spiro atoms. The fraction of sp³-hybridized carbons (Fsp3) is 0.500. The molecular weight excluding hydrogens is 378 g/mol. The molecule has 3 aliphatic heterocycles. The zero-order valence-corrected chi connectivity index (χ0v) is 15.4. The van der Waals surface area contributed by atoms with Gasteiger partial charge in [0.15, 0.2) is 4.90 Å². The third kappa shape index (κ3) is 3.96. The van der Waals surface area contributed by atoms with Crippen LogP contribution < -0.4 is 4.74 Å². The van der Waals surface area contributed by atoms with Crippen molar-refractivity contribution in [2.24, 2.45) is 5.92 Å². The maximum atomic E-state index is 12.8. The zero-order valence-electron chi connectivity index (χ0n) is 14.6. The second kappa shape index (κ2) is 7.75. The van der Waals surface area contributed by atoms with E-state index in [9.17, 15) is 18.1 Å². The molecule has 3 heterocycles. The van der Waals surface area contributed by atoms with Crippen LogP contribution in [0.4, 0.5) is 8.78 Å². The minimum absolute atomic E-state index is 0.0377. The lowest BCUT2D eigenvalue weighted by Gasteiger charge is -2.25. The lowest BCUT2D eigenvalue weighted by Crippen LogP contribution is -2.39. The van der Waals surface area contributed by atoms with Crippen LogP contribution in [-0.2, 0) is 20.9 Å². The van der Waals surface area contributed by atoms with E-state index >= 15 is 0 Å². The first kappa shape index (κ1) is 18.7. The summed E-state index contributed by atoms with van der Waals surface area (Å²) in [5.41, 5.74) is 2.29. The number of hydrogen-bond acceptors (Lipinski definition) is 5. The summed E-state index contributed by atoms with van der Waals surface area (Å²) in [7, 11) is 0. The van der Waals surface area contributed by atoms with Gasteiger partial charge in [-0.3, -0.25) is 4.79 Å². The summed E-state index contributed by atoms with van der Waals surface area (Å²) in [5, 5.41) is 0. The molecule has 1 amide bonds. The van der Waals surface area contributed by atoms with Crippen LogP contribution in [-0.4, -0.2) is 65.7 Å². The number of ether oxygens (including phenoxy) is 2. The van der Waals surface area contributed by atoms with Crippen molar-refractivity contribution in [3.05, 3.63) is 35.4 Å². The SMILES string of the molecule is O=C(C1CCOC1)N1CC2=C(C1)CN([S+]([O-])c1ccc(OC(F)F)cc1)C2. The number of halogens is 2. The van der Waals surface area contributed by atoms with Crippen molar-refractivity contribution in [3.63, 3.8) is 0 Å². The predicted octanol–water partition coefficient (Wildman–Crippen LogP) is 1.80. The minimum Gasteiger partial charge on any atom is -0.593 e. The van der Waals surface area contributed by atoms with Crippen molar-refractivity contribution in [1.82, 2.24) is 9.21 Å². The van der Waals surface area contributed by atoms with Crippen LogP contribution >= 0.6 is 0 Å². The van der Waals surface area contributed by atoms with Crippen LogP contribution in [0.5, 0.6) is 5.75 Å². The monoisotopic (exact) mass is 398 g/mol. The summed E-state index contributed by atoms with van der Waals surface area (Å²) in [6.07, 6.45) is 0.779. The van der Waals surface area contributed by atoms with E-state index in [1.54, 1.807) is 0 Å². The van der Waals surface area contributed by atoms with Gasteiger partial charge in [-0.1, -0.05) is 0 Å². The second-order valence-corrected chi connectivity index (χ2v) is 8.35. The molecule has 2 atom stereocenters. The van der Waals surface area contributed by atoms with Crippen molar-refractivity contribution in [2.45, 2.75) is 17.9 Å². The van der Waals surface area contributed by atoms with E-state index in [0.29, 0.717) is 44.3 Å². The summed E-state index contributed by atoms with van der Waals surface area (Å²) in [5.74, 6) is 0.145. The summed E-state index contributed by atoms with van der Waals surface area (Å²) < 4.78 is 48.6. The quantitative estimate of drug-likeness (QED) is 0.559. The molecule has 9 heteroatoms. The molecule has 2 unspecified atom stereocenters. The van der Waals surface area contributed by atoms with Crippen molar-refractivity contribution < 1.29 is 27.6 Å². The van der Waals surface area contributed by atoms with Gasteiger partial charge >= 0.3 is 6.61 Å². The fourth-order valence-electron chi connectivity index (χ4n) is 3.69. The zero-order chi connectivity index (χ0) is 19.0. The topological polar surface area (TPSA) is 65.1 Å². The van der Waals surface area contributed by atoms with Crippen LogP contribution in [0.2, 0.25) is 0 Å². The number of amides is 1. The van der Waals surface area contributed by atoms with Crippen LogP contribution in [0.3, 0.4) is 0 Å². The molecule has 0 bridgehead atoms. The van der Waals surface area contributed by atoms with Gasteiger partial charge in [0.05, 0.1) is 37.0 Å². The molecule has 1 fully saturated rings. The molecule has 0 N–H and O–H groups in total. The Balaban J connectivity index is 1.32. The average Bonchev–Trinajstić information content (AvgIpc) is 3.36. The molecular formula is C18H20F2N2O4S. The van der Waals surface area contributed by atoms with E-state index in [-0.39, 0.29) is 17.6 Å². The van der Waals surface area contributed by atoms with Crippen molar-refractivity contribution in [2.75, 3.05) is 39.4 Å². The van der Waals surface area contributed by atoms with Crippen molar-refractivity contribution in [3.8, 4) is 5.75 Å². The Morgan fingerprint density at radius 1 is 1.19 bits per heavy atom. The highest BCUT2D eigenvalue weighted by Crippen LogP contribution is 2.31. The lowest BCUT2D eigenvalue weighted by atomic mass is 10.1. The first-order chi connectivity index (χ1) is 13.0. The molecule has 146 valence electrons. The van der Waals surface area contributed by atoms with E-state index in [2.05, 4.69) is 4.74 Å². The number of benzene rings is 1. The first-order valence-electron chi connectivity index (χ1n) is 8.79. The van der Waals surface area contributed by atoms with Crippen LogP contribution in [0.25, 0.3) is 0 Å². The molecule has 0 saturated carbocycles.